The average Bonchev–Trinajstić information content (AvgIpc) is 2.59. The Hall–Kier alpha value is -0.370. The summed E-state index contributed by atoms with van der Waals surface area (Å²) in [5.74, 6) is -0.989. The van der Waals surface area contributed by atoms with Crippen LogP contribution in [0.3, 0.4) is 0 Å². The van der Waals surface area contributed by atoms with Crippen LogP contribution in [-0.2, 0) is 13.8 Å². The van der Waals surface area contributed by atoms with E-state index in [9.17, 15) is 17.6 Å². The summed E-state index contributed by atoms with van der Waals surface area (Å²) >= 11 is 9.00. The number of carbonyl (C=O) groups excluding carboxylic acids is 1. The molecule has 1 unspecified atom stereocenters. The third-order valence-electron chi connectivity index (χ3n) is 2.74. The van der Waals surface area contributed by atoms with Crippen LogP contribution in [0.15, 0.2) is 16.6 Å². The number of hydrogen-bond donors (Lipinski definition) is 0. The summed E-state index contributed by atoms with van der Waals surface area (Å²) in [5.41, 5.74) is 0.246. The van der Waals surface area contributed by atoms with E-state index >= 15 is 0 Å². The number of anilines is 1. The lowest BCUT2D eigenvalue weighted by Crippen LogP contribution is -2.27. The highest BCUT2D eigenvalue weighted by Gasteiger charge is 2.39. The molecule has 1 aliphatic heterocycles. The zero-order valence-corrected chi connectivity index (χ0v) is 13.2. The third-order valence-corrected chi connectivity index (χ3v) is 5.50. The molecule has 9 heteroatoms. The molecule has 104 valence electrons. The first-order valence-corrected chi connectivity index (χ1v) is 8.63. The Kier molecular flexibility index (Phi) is 4.11. The highest BCUT2D eigenvalue weighted by molar-refractivity contribution is 9.10. The lowest BCUT2D eigenvalue weighted by molar-refractivity contribution is -0.117. The van der Waals surface area contributed by atoms with Gasteiger partial charge in [-0.15, -0.1) is 0 Å². The van der Waals surface area contributed by atoms with Gasteiger partial charge in [-0.25, -0.2) is 12.8 Å². The van der Waals surface area contributed by atoms with Gasteiger partial charge in [0.2, 0.25) is 15.0 Å². The van der Waals surface area contributed by atoms with E-state index in [1.807, 2.05) is 0 Å². The Bertz CT molecular complexity index is 629. The monoisotopic (exact) mass is 389 g/mol. The molecule has 4 nitrogen and oxygen atoms in total. The van der Waals surface area contributed by atoms with Gasteiger partial charge in [-0.3, -0.25) is 4.79 Å². The zero-order valence-electron chi connectivity index (χ0n) is 9.24. The Balaban J connectivity index is 2.42. The quantitative estimate of drug-likeness (QED) is 0.729. The van der Waals surface area contributed by atoms with Crippen LogP contribution in [0.4, 0.5) is 10.1 Å². The minimum atomic E-state index is -3.83. The molecule has 0 saturated carbocycles. The van der Waals surface area contributed by atoms with Gasteiger partial charge in [0.1, 0.15) is 11.1 Å². The van der Waals surface area contributed by atoms with Crippen molar-refractivity contribution in [1.29, 1.82) is 0 Å². The number of carbonyl (C=O) groups is 1. The molecule has 1 heterocycles. The lowest BCUT2D eigenvalue weighted by Gasteiger charge is -2.19. The van der Waals surface area contributed by atoms with Crippen molar-refractivity contribution in [3.05, 3.63) is 27.4 Å². The topological polar surface area (TPSA) is 54.5 Å². The van der Waals surface area contributed by atoms with Crippen molar-refractivity contribution in [2.75, 3.05) is 11.4 Å². The first-order valence-electron chi connectivity index (χ1n) is 5.08. The Labute approximate surface area is 127 Å². The van der Waals surface area contributed by atoms with Crippen molar-refractivity contribution in [2.45, 2.75) is 11.7 Å². The molecule has 1 aliphatic rings. The van der Waals surface area contributed by atoms with E-state index in [2.05, 4.69) is 15.9 Å². The fourth-order valence-electron chi connectivity index (χ4n) is 1.87. The van der Waals surface area contributed by atoms with E-state index in [0.717, 1.165) is 12.1 Å². The Morgan fingerprint density at radius 2 is 2.05 bits per heavy atom. The first kappa shape index (κ1) is 15.0. The van der Waals surface area contributed by atoms with Gasteiger partial charge in [-0.1, -0.05) is 11.6 Å². The summed E-state index contributed by atoms with van der Waals surface area (Å²) in [7, 11) is 1.42. The SMILES string of the molecule is O=C1CC(S(=O)(=O)Cl)CN1c1c(Cl)cc(F)cc1Br. The van der Waals surface area contributed by atoms with Crippen LogP contribution in [-0.4, -0.2) is 26.1 Å². The van der Waals surface area contributed by atoms with Crippen molar-refractivity contribution >= 4 is 58.9 Å². The summed E-state index contributed by atoms with van der Waals surface area (Å²) in [6, 6.07) is 2.20. The van der Waals surface area contributed by atoms with E-state index in [4.69, 9.17) is 22.3 Å². The standard InChI is InChI=1S/C10H7BrCl2FNO3S/c11-7-1-5(14)2-8(12)10(7)15-4-6(3-9(15)16)19(13,17)18/h1-2,6H,3-4H2. The van der Waals surface area contributed by atoms with Crippen LogP contribution in [0.5, 0.6) is 0 Å². The number of amides is 1. The third kappa shape index (κ3) is 3.04. The van der Waals surface area contributed by atoms with Crippen molar-refractivity contribution in [1.82, 2.24) is 0 Å². The van der Waals surface area contributed by atoms with Crippen molar-refractivity contribution in [3.63, 3.8) is 0 Å². The molecule has 1 atom stereocenters. The van der Waals surface area contributed by atoms with Gasteiger partial charge in [-0.2, -0.15) is 0 Å². The van der Waals surface area contributed by atoms with E-state index in [1.165, 1.54) is 4.90 Å². The average molecular weight is 391 g/mol. The highest BCUT2D eigenvalue weighted by Crippen LogP contribution is 2.38. The smallest absolute Gasteiger partial charge is 0.237 e. The molecule has 0 aliphatic carbocycles. The van der Waals surface area contributed by atoms with Crippen LogP contribution >= 0.6 is 38.2 Å². The number of benzene rings is 1. The maximum Gasteiger partial charge on any atom is 0.237 e. The molecule has 1 amide bonds. The second kappa shape index (κ2) is 5.20. The molecule has 0 spiro atoms. The molecular weight excluding hydrogens is 384 g/mol. The number of halogens is 4. The molecule has 0 bridgehead atoms. The summed E-state index contributed by atoms with van der Waals surface area (Å²) in [5, 5.41) is -0.970. The van der Waals surface area contributed by atoms with Crippen molar-refractivity contribution < 1.29 is 17.6 Å². The summed E-state index contributed by atoms with van der Waals surface area (Å²) in [4.78, 5) is 13.0. The number of nitrogens with zero attached hydrogens (tertiary/aromatic N) is 1. The molecule has 19 heavy (non-hydrogen) atoms. The second-order valence-electron chi connectivity index (χ2n) is 4.02. The Morgan fingerprint density at radius 1 is 1.42 bits per heavy atom. The normalized spacial score (nSPS) is 20.1. The zero-order chi connectivity index (χ0) is 14.4. The van der Waals surface area contributed by atoms with Crippen molar-refractivity contribution in [2.24, 2.45) is 0 Å². The van der Waals surface area contributed by atoms with Crippen molar-refractivity contribution in [3.8, 4) is 0 Å². The van der Waals surface area contributed by atoms with Crippen LogP contribution in [0.25, 0.3) is 0 Å². The fraction of sp³-hybridized carbons (Fsp3) is 0.300. The summed E-state index contributed by atoms with van der Waals surface area (Å²) < 4.78 is 35.9. The Morgan fingerprint density at radius 3 is 2.53 bits per heavy atom. The van der Waals surface area contributed by atoms with Gasteiger partial charge >= 0.3 is 0 Å². The molecule has 1 aromatic rings. The van der Waals surface area contributed by atoms with E-state index in [1.54, 1.807) is 0 Å². The van der Waals surface area contributed by atoms with Gasteiger partial charge in [0, 0.05) is 28.1 Å². The maximum atomic E-state index is 13.1. The van der Waals surface area contributed by atoms with Gasteiger partial charge in [0.15, 0.2) is 0 Å². The number of rotatable bonds is 2. The van der Waals surface area contributed by atoms with Gasteiger partial charge in [0.05, 0.1) is 10.7 Å². The molecule has 0 N–H and O–H groups in total. The predicted molar refractivity (Wildman–Crippen MR) is 74.6 cm³/mol. The van der Waals surface area contributed by atoms with Crippen LogP contribution < -0.4 is 4.90 Å². The van der Waals surface area contributed by atoms with Crippen LogP contribution in [0, 0.1) is 5.82 Å². The molecule has 1 saturated heterocycles. The predicted octanol–water partition coefficient (Wildman–Crippen LogP) is 2.92. The van der Waals surface area contributed by atoms with Gasteiger partial charge in [-0.05, 0) is 28.1 Å². The van der Waals surface area contributed by atoms with E-state index in [-0.39, 0.29) is 28.1 Å². The van der Waals surface area contributed by atoms with Crippen LogP contribution in [0.2, 0.25) is 5.02 Å². The maximum absolute atomic E-state index is 13.1. The molecule has 2 rings (SSSR count). The first-order chi connectivity index (χ1) is 8.70. The lowest BCUT2D eigenvalue weighted by atomic mass is 10.3. The molecule has 0 radical (unpaired) electrons. The molecular formula is C10H7BrCl2FNO3S. The molecule has 0 aromatic heterocycles. The van der Waals surface area contributed by atoms with Crippen LogP contribution in [0.1, 0.15) is 6.42 Å². The number of hydrogen-bond acceptors (Lipinski definition) is 3. The largest absolute Gasteiger partial charge is 0.308 e. The molecule has 1 fully saturated rings. The van der Waals surface area contributed by atoms with Gasteiger partial charge in [0.25, 0.3) is 0 Å². The second-order valence-corrected chi connectivity index (χ2v) is 8.19. The fourth-order valence-corrected chi connectivity index (χ4v) is 3.97. The summed E-state index contributed by atoms with van der Waals surface area (Å²) in [6.07, 6.45) is -0.216. The highest BCUT2D eigenvalue weighted by atomic mass is 79.9. The molecule has 1 aromatic carbocycles. The van der Waals surface area contributed by atoms with E-state index in [0.29, 0.717) is 0 Å². The minimum absolute atomic E-state index is 0.0212. The minimum Gasteiger partial charge on any atom is -0.308 e. The van der Waals surface area contributed by atoms with Gasteiger partial charge < -0.3 is 4.90 Å². The van der Waals surface area contributed by atoms with E-state index < -0.39 is 26.0 Å². The summed E-state index contributed by atoms with van der Waals surface area (Å²) in [6.45, 7) is -0.103.